The van der Waals surface area contributed by atoms with Crippen molar-refractivity contribution >= 4 is 35.1 Å². The zero-order chi connectivity index (χ0) is 12.1. The van der Waals surface area contributed by atoms with E-state index < -0.39 is 11.8 Å². The van der Waals surface area contributed by atoms with Gasteiger partial charge in [-0.15, -0.1) is 11.8 Å². The predicted octanol–water partition coefficient (Wildman–Crippen LogP) is 2.48. The molecular weight excluding hydrogens is 255 g/mol. The van der Waals surface area contributed by atoms with E-state index in [0.29, 0.717) is 0 Å². The molecule has 0 unspecified atom stereocenters. The van der Waals surface area contributed by atoms with Crippen LogP contribution in [0.15, 0.2) is 18.2 Å². The van der Waals surface area contributed by atoms with Crippen LogP contribution in [0, 0.1) is 5.82 Å². The number of rotatable bonds is 5. The molecule has 1 aromatic carbocycles. The third-order valence-electron chi connectivity index (χ3n) is 1.64. The van der Waals surface area contributed by atoms with Crippen molar-refractivity contribution in [3.05, 3.63) is 34.6 Å². The summed E-state index contributed by atoms with van der Waals surface area (Å²) in [6, 6.07) is 3.53. The summed E-state index contributed by atoms with van der Waals surface area (Å²) in [6.45, 7) is 0. The highest BCUT2D eigenvalue weighted by Crippen LogP contribution is 2.16. The summed E-state index contributed by atoms with van der Waals surface area (Å²) < 4.78 is 12.9. The minimum Gasteiger partial charge on any atom is -0.481 e. The van der Waals surface area contributed by atoms with Gasteiger partial charge < -0.3 is 5.11 Å². The van der Waals surface area contributed by atoms with Crippen molar-refractivity contribution in [1.82, 2.24) is 0 Å². The maximum absolute atomic E-state index is 12.9. The Morgan fingerprint density at radius 1 is 1.31 bits per heavy atom. The number of aliphatic carboxylic acids is 1. The smallest absolute Gasteiger partial charge is 0.313 e. The maximum atomic E-state index is 12.9. The van der Waals surface area contributed by atoms with Gasteiger partial charge in [0.2, 0.25) is 0 Å². The summed E-state index contributed by atoms with van der Waals surface area (Å²) in [5.74, 6) is -2.08. The molecule has 16 heavy (non-hydrogen) atoms. The zero-order valence-electron chi connectivity index (χ0n) is 8.07. The summed E-state index contributed by atoms with van der Waals surface area (Å²) in [5, 5.41) is 8.52. The molecule has 3 nitrogen and oxygen atoms in total. The van der Waals surface area contributed by atoms with Gasteiger partial charge >= 0.3 is 5.97 Å². The Balaban J connectivity index is 2.62. The van der Waals surface area contributed by atoms with Crippen LogP contribution in [-0.4, -0.2) is 28.4 Å². The van der Waals surface area contributed by atoms with E-state index in [1.807, 2.05) is 0 Å². The molecule has 0 aliphatic carbocycles. The van der Waals surface area contributed by atoms with Crippen LogP contribution >= 0.6 is 23.4 Å². The Bertz CT molecular complexity index is 402. The highest BCUT2D eigenvalue weighted by atomic mass is 35.5. The van der Waals surface area contributed by atoms with Gasteiger partial charge in [-0.25, -0.2) is 4.39 Å². The van der Waals surface area contributed by atoms with Crippen LogP contribution in [0.1, 0.15) is 10.4 Å². The van der Waals surface area contributed by atoms with E-state index in [9.17, 15) is 14.0 Å². The van der Waals surface area contributed by atoms with E-state index in [1.54, 1.807) is 0 Å². The second kappa shape index (κ2) is 5.86. The molecule has 86 valence electrons. The molecule has 1 aromatic rings. The minimum atomic E-state index is -0.991. The summed E-state index contributed by atoms with van der Waals surface area (Å²) >= 11 is 6.55. The van der Waals surface area contributed by atoms with Crippen LogP contribution in [-0.2, 0) is 4.79 Å². The second-order valence-corrected chi connectivity index (χ2v) is 4.39. The SMILES string of the molecule is O=C(O)CSCC(=O)c1cc(F)cc(Cl)c1. The predicted molar refractivity (Wildman–Crippen MR) is 60.7 cm³/mol. The highest BCUT2D eigenvalue weighted by Gasteiger charge is 2.09. The Hall–Kier alpha value is -1.07. The Morgan fingerprint density at radius 2 is 2.00 bits per heavy atom. The van der Waals surface area contributed by atoms with Gasteiger partial charge in [-0.05, 0) is 18.2 Å². The van der Waals surface area contributed by atoms with Gasteiger partial charge in [0, 0.05) is 10.6 Å². The summed E-state index contributed by atoms with van der Waals surface area (Å²) in [5.41, 5.74) is 0.155. The van der Waals surface area contributed by atoms with Crippen LogP contribution < -0.4 is 0 Å². The Labute approximate surface area is 101 Å². The van der Waals surface area contributed by atoms with Gasteiger partial charge in [-0.1, -0.05) is 11.6 Å². The number of carbonyl (C=O) groups is 2. The fourth-order valence-corrected chi connectivity index (χ4v) is 1.88. The largest absolute Gasteiger partial charge is 0.481 e. The molecule has 1 rings (SSSR count). The quantitative estimate of drug-likeness (QED) is 0.829. The first-order valence-corrected chi connectivity index (χ1v) is 5.81. The Morgan fingerprint density at radius 3 is 2.56 bits per heavy atom. The number of halogens is 2. The monoisotopic (exact) mass is 262 g/mol. The zero-order valence-corrected chi connectivity index (χ0v) is 9.65. The van der Waals surface area contributed by atoms with Crippen LogP contribution in [0.5, 0.6) is 0 Å². The van der Waals surface area contributed by atoms with Crippen molar-refractivity contribution in [2.75, 3.05) is 11.5 Å². The van der Waals surface area contributed by atoms with E-state index in [1.165, 1.54) is 6.07 Å². The fourth-order valence-electron chi connectivity index (χ4n) is 1.03. The molecule has 0 aliphatic rings. The van der Waals surface area contributed by atoms with Crippen LogP contribution in [0.2, 0.25) is 5.02 Å². The number of ketones is 1. The van der Waals surface area contributed by atoms with Gasteiger partial charge in [0.05, 0.1) is 11.5 Å². The lowest BCUT2D eigenvalue weighted by molar-refractivity contribution is -0.133. The van der Waals surface area contributed by atoms with Gasteiger partial charge in [-0.3, -0.25) is 9.59 Å². The highest BCUT2D eigenvalue weighted by molar-refractivity contribution is 8.00. The van der Waals surface area contributed by atoms with Crippen molar-refractivity contribution in [1.29, 1.82) is 0 Å². The topological polar surface area (TPSA) is 54.4 Å². The van der Waals surface area contributed by atoms with Crippen molar-refractivity contribution in [3.8, 4) is 0 Å². The molecule has 0 fully saturated rings. The number of Topliss-reactive ketones (excluding diaryl/α,β-unsaturated/α-hetero) is 1. The molecule has 0 bridgehead atoms. The molecule has 0 radical (unpaired) electrons. The molecule has 0 atom stereocenters. The molecule has 0 spiro atoms. The van der Waals surface area contributed by atoms with Crippen molar-refractivity contribution < 1.29 is 19.1 Å². The molecular formula is C10H8ClFO3S. The number of benzene rings is 1. The lowest BCUT2D eigenvalue weighted by Crippen LogP contribution is -2.06. The van der Waals surface area contributed by atoms with Gasteiger partial charge in [0.1, 0.15) is 5.82 Å². The molecule has 0 saturated heterocycles. The molecule has 0 saturated carbocycles. The summed E-state index contributed by atoms with van der Waals surface area (Å²) in [6.07, 6.45) is 0. The average molecular weight is 263 g/mol. The van der Waals surface area contributed by atoms with E-state index in [-0.39, 0.29) is 27.9 Å². The molecule has 1 N–H and O–H groups in total. The van der Waals surface area contributed by atoms with E-state index in [0.717, 1.165) is 23.9 Å². The van der Waals surface area contributed by atoms with Crippen molar-refractivity contribution in [3.63, 3.8) is 0 Å². The summed E-state index contributed by atoms with van der Waals surface area (Å²) in [7, 11) is 0. The van der Waals surface area contributed by atoms with Crippen LogP contribution in [0.25, 0.3) is 0 Å². The van der Waals surface area contributed by atoms with Gasteiger partial charge in [-0.2, -0.15) is 0 Å². The number of hydrogen-bond acceptors (Lipinski definition) is 3. The standard InChI is InChI=1S/C10H8ClFO3S/c11-7-1-6(2-8(12)3-7)9(13)4-16-5-10(14)15/h1-3H,4-5H2,(H,14,15). The number of carbonyl (C=O) groups excluding carboxylic acids is 1. The lowest BCUT2D eigenvalue weighted by atomic mass is 10.1. The van der Waals surface area contributed by atoms with Crippen molar-refractivity contribution in [2.45, 2.75) is 0 Å². The first kappa shape index (κ1) is 13.0. The van der Waals surface area contributed by atoms with Crippen LogP contribution in [0.3, 0.4) is 0 Å². The Kier molecular flexibility index (Phi) is 4.76. The third kappa shape index (κ3) is 4.20. The number of carboxylic acid groups (broad SMARTS) is 1. The molecule has 0 amide bonds. The molecule has 0 aromatic heterocycles. The number of thioether (sulfide) groups is 1. The molecule has 0 heterocycles. The fraction of sp³-hybridized carbons (Fsp3) is 0.200. The first-order chi connectivity index (χ1) is 7.49. The third-order valence-corrected chi connectivity index (χ3v) is 2.78. The second-order valence-electron chi connectivity index (χ2n) is 2.97. The van der Waals surface area contributed by atoms with E-state index in [2.05, 4.69) is 0 Å². The average Bonchev–Trinajstić information content (AvgIpc) is 2.15. The van der Waals surface area contributed by atoms with E-state index >= 15 is 0 Å². The first-order valence-electron chi connectivity index (χ1n) is 4.28. The number of hydrogen-bond donors (Lipinski definition) is 1. The minimum absolute atomic E-state index is 0.00785. The van der Waals surface area contributed by atoms with Gasteiger partial charge in [0.25, 0.3) is 0 Å². The van der Waals surface area contributed by atoms with Crippen molar-refractivity contribution in [2.24, 2.45) is 0 Å². The maximum Gasteiger partial charge on any atom is 0.313 e. The van der Waals surface area contributed by atoms with E-state index in [4.69, 9.17) is 16.7 Å². The van der Waals surface area contributed by atoms with Crippen LogP contribution in [0.4, 0.5) is 4.39 Å². The summed E-state index contributed by atoms with van der Waals surface area (Å²) in [4.78, 5) is 21.7. The lowest BCUT2D eigenvalue weighted by Gasteiger charge is -2.01. The normalized spacial score (nSPS) is 10.1. The molecule has 0 aliphatic heterocycles. The van der Waals surface area contributed by atoms with Gasteiger partial charge in [0.15, 0.2) is 5.78 Å². The molecule has 6 heteroatoms. The number of carboxylic acids is 1.